The molecule has 1 aliphatic carbocycles. The summed E-state index contributed by atoms with van der Waals surface area (Å²) in [4.78, 5) is 3.59. The second-order valence-electron chi connectivity index (χ2n) is 6.89. The second-order valence-corrected chi connectivity index (χ2v) is 8.91. The predicted molar refractivity (Wildman–Crippen MR) is 101 cm³/mol. The lowest BCUT2D eigenvalue weighted by Gasteiger charge is -2.18. The molecular formula is C20H18F3NO4S. The highest BCUT2D eigenvalue weighted by Gasteiger charge is 2.34. The van der Waals surface area contributed by atoms with Crippen LogP contribution in [-0.4, -0.2) is 43.1 Å². The summed E-state index contributed by atoms with van der Waals surface area (Å²) >= 11 is 0. The van der Waals surface area contributed by atoms with Crippen molar-refractivity contribution in [3.05, 3.63) is 71.6 Å². The molecule has 0 saturated carbocycles. The van der Waals surface area contributed by atoms with Crippen LogP contribution in [0, 0.1) is 5.41 Å². The van der Waals surface area contributed by atoms with Crippen LogP contribution in [0.4, 0.5) is 13.2 Å². The topological polar surface area (TPSA) is 87.5 Å². The van der Waals surface area contributed by atoms with Crippen LogP contribution in [0.25, 0.3) is 11.1 Å². The summed E-state index contributed by atoms with van der Waals surface area (Å²) in [6.45, 7) is -0.821. The Morgan fingerprint density at radius 2 is 1.45 bits per heavy atom. The quantitative estimate of drug-likeness (QED) is 0.769. The fraction of sp³-hybridized carbons (Fsp3) is 0.250. The van der Waals surface area contributed by atoms with E-state index >= 15 is 0 Å². The zero-order valence-corrected chi connectivity index (χ0v) is 16.1. The van der Waals surface area contributed by atoms with Gasteiger partial charge >= 0.3 is 6.18 Å². The molecule has 1 aromatic carbocycles. The van der Waals surface area contributed by atoms with E-state index in [1.165, 1.54) is 18.2 Å². The first-order valence-corrected chi connectivity index (χ1v) is 10.4. The van der Waals surface area contributed by atoms with Gasteiger partial charge in [0.15, 0.2) is 9.84 Å². The maximum atomic E-state index is 12.8. The van der Waals surface area contributed by atoms with E-state index < -0.39 is 40.3 Å². The number of aromatic nitrogens is 1. The van der Waals surface area contributed by atoms with Gasteiger partial charge in [-0.05, 0) is 34.9 Å². The molecule has 154 valence electrons. The third-order valence-corrected chi connectivity index (χ3v) is 5.83. The highest BCUT2D eigenvalue weighted by molar-refractivity contribution is 7.90. The van der Waals surface area contributed by atoms with Gasteiger partial charge in [0.2, 0.25) is 0 Å². The number of benzene rings is 1. The van der Waals surface area contributed by atoms with E-state index in [-0.39, 0.29) is 4.90 Å². The fourth-order valence-electron chi connectivity index (χ4n) is 3.08. The molecule has 2 aromatic rings. The lowest BCUT2D eigenvalue weighted by molar-refractivity contribution is -0.141. The summed E-state index contributed by atoms with van der Waals surface area (Å²) in [6, 6.07) is 8.11. The maximum Gasteiger partial charge on any atom is 0.433 e. The second kappa shape index (κ2) is 7.40. The number of sulfone groups is 1. The molecule has 0 atom stereocenters. The van der Waals surface area contributed by atoms with Crippen molar-refractivity contribution < 1.29 is 31.8 Å². The Morgan fingerprint density at radius 1 is 0.931 bits per heavy atom. The fourth-order valence-corrected chi connectivity index (χ4v) is 3.72. The van der Waals surface area contributed by atoms with E-state index in [1.807, 2.05) is 0 Å². The molecule has 1 heterocycles. The van der Waals surface area contributed by atoms with Gasteiger partial charge in [-0.25, -0.2) is 8.42 Å². The van der Waals surface area contributed by atoms with Crippen molar-refractivity contribution in [2.24, 2.45) is 5.41 Å². The van der Waals surface area contributed by atoms with Crippen molar-refractivity contribution in [3.8, 4) is 0 Å². The number of hydrogen-bond donors (Lipinski definition) is 2. The molecule has 5 nitrogen and oxygen atoms in total. The smallest absolute Gasteiger partial charge is 0.395 e. The first-order chi connectivity index (χ1) is 13.5. The van der Waals surface area contributed by atoms with Crippen LogP contribution in [0.3, 0.4) is 0 Å². The van der Waals surface area contributed by atoms with Gasteiger partial charge in [-0.15, -0.1) is 0 Å². The molecule has 0 aliphatic heterocycles. The summed E-state index contributed by atoms with van der Waals surface area (Å²) in [5.41, 5.74) is -0.120. The molecule has 3 rings (SSSR count). The molecule has 1 aliphatic rings. The molecule has 9 heteroatoms. The lowest BCUT2D eigenvalue weighted by Crippen LogP contribution is -2.23. The van der Waals surface area contributed by atoms with Crippen LogP contribution in [0.5, 0.6) is 0 Å². The van der Waals surface area contributed by atoms with Gasteiger partial charge in [-0.3, -0.25) is 4.98 Å². The molecule has 0 fully saturated rings. The summed E-state index contributed by atoms with van der Waals surface area (Å²) < 4.78 is 61.7. The van der Waals surface area contributed by atoms with Crippen molar-refractivity contribution in [1.29, 1.82) is 0 Å². The molecule has 0 bridgehead atoms. The van der Waals surface area contributed by atoms with Crippen LogP contribution < -0.4 is 0 Å². The van der Waals surface area contributed by atoms with Crippen LogP contribution in [0.2, 0.25) is 0 Å². The number of hydrogen-bond acceptors (Lipinski definition) is 5. The van der Waals surface area contributed by atoms with E-state index in [0.29, 0.717) is 22.3 Å². The van der Waals surface area contributed by atoms with Gasteiger partial charge in [-0.2, -0.15) is 13.2 Å². The zero-order valence-electron chi connectivity index (χ0n) is 15.3. The van der Waals surface area contributed by atoms with Crippen LogP contribution in [-0.2, 0) is 16.0 Å². The largest absolute Gasteiger partial charge is 0.433 e. The molecule has 0 radical (unpaired) electrons. The monoisotopic (exact) mass is 425 g/mol. The van der Waals surface area contributed by atoms with Crippen molar-refractivity contribution in [1.82, 2.24) is 4.98 Å². The van der Waals surface area contributed by atoms with Crippen LogP contribution >= 0.6 is 0 Å². The number of aliphatic hydroxyl groups excluding tert-OH is 2. The van der Waals surface area contributed by atoms with E-state index in [0.717, 1.165) is 18.5 Å². The first kappa shape index (κ1) is 21.2. The summed E-state index contributed by atoms with van der Waals surface area (Å²) in [7, 11) is -3.39. The predicted octanol–water partition coefficient (Wildman–Crippen LogP) is 2.96. The molecule has 0 amide bonds. The highest BCUT2D eigenvalue weighted by atomic mass is 32.2. The van der Waals surface area contributed by atoms with Gasteiger partial charge in [0.1, 0.15) is 5.69 Å². The zero-order chi connectivity index (χ0) is 21.4. The summed E-state index contributed by atoms with van der Waals surface area (Å²) in [5.74, 6) is 0. The number of rotatable bonds is 5. The Balaban J connectivity index is 2.08. The molecule has 0 spiro atoms. The van der Waals surface area contributed by atoms with E-state index in [1.54, 1.807) is 24.3 Å². The molecular weight excluding hydrogens is 407 g/mol. The average Bonchev–Trinajstić information content (AvgIpc) is 3.07. The van der Waals surface area contributed by atoms with Crippen molar-refractivity contribution >= 4 is 21.0 Å². The standard InChI is InChI=1S/C20H18F3NO4S/c1-29(27,28)15-5-2-13(3-6-15)16-8-19(11-25,12-26)9-17(16)14-4-7-18(24-10-14)20(21,22)23/h2-10,25-26H,11-12H2,1H3. The Hall–Kier alpha value is -2.49. The minimum absolute atomic E-state index is 0.122. The molecule has 29 heavy (non-hydrogen) atoms. The Morgan fingerprint density at radius 3 is 1.86 bits per heavy atom. The number of alkyl halides is 3. The molecule has 0 saturated heterocycles. The third kappa shape index (κ3) is 4.26. The Labute approximate surface area is 165 Å². The van der Waals surface area contributed by atoms with E-state index in [9.17, 15) is 31.8 Å². The molecule has 2 N–H and O–H groups in total. The van der Waals surface area contributed by atoms with Gasteiger partial charge < -0.3 is 10.2 Å². The van der Waals surface area contributed by atoms with Crippen molar-refractivity contribution in [3.63, 3.8) is 0 Å². The molecule has 0 unspecified atom stereocenters. The first-order valence-electron chi connectivity index (χ1n) is 8.51. The van der Waals surface area contributed by atoms with Gasteiger partial charge in [-0.1, -0.05) is 30.4 Å². The maximum absolute atomic E-state index is 12.8. The van der Waals surface area contributed by atoms with Gasteiger partial charge in [0.25, 0.3) is 0 Å². The van der Waals surface area contributed by atoms with Crippen molar-refractivity contribution in [2.45, 2.75) is 11.1 Å². The van der Waals surface area contributed by atoms with Crippen LogP contribution in [0.15, 0.2) is 59.6 Å². The highest BCUT2D eigenvalue weighted by Crippen LogP contribution is 2.44. The van der Waals surface area contributed by atoms with Crippen molar-refractivity contribution in [2.75, 3.05) is 19.5 Å². The van der Waals surface area contributed by atoms with E-state index in [2.05, 4.69) is 4.98 Å². The average molecular weight is 425 g/mol. The summed E-state index contributed by atoms with van der Waals surface area (Å²) in [6.07, 6.45) is 0.798. The lowest BCUT2D eigenvalue weighted by atomic mass is 9.92. The number of halogens is 3. The number of nitrogens with zero attached hydrogens (tertiary/aromatic N) is 1. The van der Waals surface area contributed by atoms with E-state index in [4.69, 9.17) is 0 Å². The third-order valence-electron chi connectivity index (χ3n) is 4.70. The van der Waals surface area contributed by atoms with Crippen LogP contribution in [0.1, 0.15) is 16.8 Å². The van der Waals surface area contributed by atoms with Gasteiger partial charge in [0, 0.05) is 18.0 Å². The minimum Gasteiger partial charge on any atom is -0.395 e. The number of allylic oxidation sites excluding steroid dienone is 2. The Kier molecular flexibility index (Phi) is 5.42. The van der Waals surface area contributed by atoms with Gasteiger partial charge in [0.05, 0.1) is 23.5 Å². The Bertz CT molecular complexity index is 1070. The normalized spacial score (nSPS) is 16.5. The number of aliphatic hydroxyl groups is 2. The number of pyridine rings is 1. The molecule has 1 aromatic heterocycles. The minimum atomic E-state index is -4.57. The SMILES string of the molecule is CS(=O)(=O)c1ccc(C2=CC(CO)(CO)C=C2c2ccc(C(F)(F)F)nc2)cc1. The summed E-state index contributed by atoms with van der Waals surface area (Å²) in [5, 5.41) is 19.5.